The summed E-state index contributed by atoms with van der Waals surface area (Å²) in [6, 6.07) is 7.33. The van der Waals surface area contributed by atoms with Gasteiger partial charge in [0, 0.05) is 38.6 Å². The maximum atomic E-state index is 12.5. The second-order valence-electron chi connectivity index (χ2n) is 7.20. The van der Waals surface area contributed by atoms with Gasteiger partial charge in [-0.25, -0.2) is 8.42 Å². The van der Waals surface area contributed by atoms with Crippen LogP contribution in [0.4, 0.5) is 0 Å². The van der Waals surface area contributed by atoms with E-state index in [1.165, 1.54) is 0 Å². The lowest BCUT2D eigenvalue weighted by Crippen LogP contribution is -2.40. The van der Waals surface area contributed by atoms with E-state index < -0.39 is 10.0 Å². The van der Waals surface area contributed by atoms with Gasteiger partial charge in [-0.1, -0.05) is 12.1 Å². The number of hydrogen-bond acceptors (Lipinski definition) is 4. The molecule has 0 spiro atoms. The molecule has 1 unspecified atom stereocenters. The van der Waals surface area contributed by atoms with E-state index in [2.05, 4.69) is 5.32 Å². The minimum Gasteiger partial charge on any atom is -0.338 e. The van der Waals surface area contributed by atoms with E-state index in [1.807, 2.05) is 24.1 Å². The Labute approximate surface area is 156 Å². The predicted octanol–water partition coefficient (Wildman–Crippen LogP) is 1.61. The van der Waals surface area contributed by atoms with Crippen molar-refractivity contribution in [3.05, 3.63) is 29.8 Å². The standard InChI is InChI=1S/C19H29N3O3S/c1-20-15-17-5-4-14-22(17)19(23)11-8-16-6-9-18(10-7-16)26(24,25)21-12-2-3-13-21/h6-7,9-10,17,20H,2-5,8,11-15H2,1H3. The first-order valence-electron chi connectivity index (χ1n) is 9.55. The molecule has 0 aromatic heterocycles. The van der Waals surface area contributed by atoms with Gasteiger partial charge in [-0.05, 0) is 56.8 Å². The summed E-state index contributed by atoms with van der Waals surface area (Å²) in [5, 5.41) is 3.16. The van der Waals surface area contributed by atoms with E-state index in [0.717, 1.165) is 44.3 Å². The van der Waals surface area contributed by atoms with E-state index in [0.29, 0.717) is 36.9 Å². The van der Waals surface area contributed by atoms with E-state index in [-0.39, 0.29) is 5.91 Å². The number of nitrogens with zero attached hydrogens (tertiary/aromatic N) is 2. The van der Waals surface area contributed by atoms with Gasteiger partial charge in [0.05, 0.1) is 4.90 Å². The first kappa shape index (κ1) is 19.3. The molecule has 0 saturated carbocycles. The van der Waals surface area contributed by atoms with E-state index in [9.17, 15) is 13.2 Å². The van der Waals surface area contributed by atoms with Gasteiger partial charge in [0.1, 0.15) is 0 Å². The summed E-state index contributed by atoms with van der Waals surface area (Å²) in [4.78, 5) is 14.8. The van der Waals surface area contributed by atoms with Gasteiger partial charge >= 0.3 is 0 Å². The van der Waals surface area contributed by atoms with Gasteiger partial charge in [0.25, 0.3) is 0 Å². The zero-order valence-corrected chi connectivity index (χ0v) is 16.3. The second-order valence-corrected chi connectivity index (χ2v) is 9.13. The largest absolute Gasteiger partial charge is 0.338 e. The van der Waals surface area contributed by atoms with Gasteiger partial charge in [-0.3, -0.25) is 4.79 Å². The SMILES string of the molecule is CNCC1CCCN1C(=O)CCc1ccc(S(=O)(=O)N2CCCC2)cc1. The van der Waals surface area contributed by atoms with Gasteiger partial charge in [-0.2, -0.15) is 4.31 Å². The minimum absolute atomic E-state index is 0.191. The zero-order valence-electron chi connectivity index (χ0n) is 15.5. The minimum atomic E-state index is -3.36. The lowest BCUT2D eigenvalue weighted by atomic mass is 10.1. The molecular formula is C19H29N3O3S. The Morgan fingerprint density at radius 1 is 1.12 bits per heavy atom. The Morgan fingerprint density at radius 3 is 2.46 bits per heavy atom. The van der Waals surface area contributed by atoms with Crippen molar-refractivity contribution >= 4 is 15.9 Å². The lowest BCUT2D eigenvalue weighted by Gasteiger charge is -2.24. The Bertz CT molecular complexity index is 712. The molecule has 0 aliphatic carbocycles. The predicted molar refractivity (Wildman–Crippen MR) is 101 cm³/mol. The Morgan fingerprint density at radius 2 is 1.81 bits per heavy atom. The van der Waals surface area contributed by atoms with E-state index >= 15 is 0 Å². The van der Waals surface area contributed by atoms with Crippen molar-refractivity contribution in [1.82, 2.24) is 14.5 Å². The molecule has 0 radical (unpaired) electrons. The summed E-state index contributed by atoms with van der Waals surface area (Å²) in [5.41, 5.74) is 1.00. The topological polar surface area (TPSA) is 69.7 Å². The zero-order chi connectivity index (χ0) is 18.6. The van der Waals surface area contributed by atoms with Crippen LogP contribution in [0.15, 0.2) is 29.2 Å². The molecule has 2 saturated heterocycles. The van der Waals surface area contributed by atoms with Crippen molar-refractivity contribution in [2.45, 2.75) is 49.5 Å². The van der Waals surface area contributed by atoms with E-state index in [4.69, 9.17) is 0 Å². The van der Waals surface area contributed by atoms with Gasteiger partial charge < -0.3 is 10.2 Å². The van der Waals surface area contributed by atoms with Crippen LogP contribution in [0.1, 0.15) is 37.7 Å². The summed E-state index contributed by atoms with van der Waals surface area (Å²) in [6.45, 7) is 2.91. The Kier molecular flexibility index (Phi) is 6.32. The molecule has 2 aliphatic rings. The number of nitrogens with one attached hydrogen (secondary N) is 1. The van der Waals surface area contributed by atoms with Gasteiger partial charge in [-0.15, -0.1) is 0 Å². The molecule has 1 aromatic rings. The van der Waals surface area contributed by atoms with Crippen molar-refractivity contribution in [2.24, 2.45) is 0 Å². The van der Waals surface area contributed by atoms with Crippen LogP contribution in [0.5, 0.6) is 0 Å². The van der Waals surface area contributed by atoms with Crippen LogP contribution in [0.25, 0.3) is 0 Å². The van der Waals surface area contributed by atoms with Crippen LogP contribution in [-0.4, -0.2) is 62.8 Å². The molecule has 1 amide bonds. The number of likely N-dealkylation sites (N-methyl/N-ethyl adjacent to an activating group) is 1. The molecule has 1 atom stereocenters. The number of amides is 1. The fourth-order valence-corrected chi connectivity index (χ4v) is 5.43. The van der Waals surface area contributed by atoms with Crippen molar-refractivity contribution in [2.75, 3.05) is 33.2 Å². The number of carbonyl (C=O) groups is 1. The fourth-order valence-electron chi connectivity index (χ4n) is 3.91. The van der Waals surface area contributed by atoms with Crippen molar-refractivity contribution in [1.29, 1.82) is 0 Å². The lowest BCUT2D eigenvalue weighted by molar-refractivity contribution is -0.131. The van der Waals surface area contributed by atoms with Crippen LogP contribution in [0.2, 0.25) is 0 Å². The maximum absolute atomic E-state index is 12.5. The number of benzene rings is 1. The third-order valence-corrected chi connectivity index (χ3v) is 7.30. The Balaban J connectivity index is 1.57. The number of rotatable bonds is 7. The molecule has 6 nitrogen and oxygen atoms in total. The smallest absolute Gasteiger partial charge is 0.243 e. The summed E-state index contributed by atoms with van der Waals surface area (Å²) >= 11 is 0. The van der Waals surface area contributed by atoms with Crippen molar-refractivity contribution < 1.29 is 13.2 Å². The molecule has 2 heterocycles. The average Bonchev–Trinajstić information content (AvgIpc) is 3.32. The molecule has 1 N–H and O–H groups in total. The fraction of sp³-hybridized carbons (Fsp3) is 0.632. The highest BCUT2D eigenvalue weighted by Crippen LogP contribution is 2.22. The summed E-state index contributed by atoms with van der Waals surface area (Å²) in [5.74, 6) is 0.191. The Hall–Kier alpha value is -1.44. The molecule has 0 bridgehead atoms. The second kappa shape index (κ2) is 8.50. The number of sulfonamides is 1. The number of hydrogen-bond donors (Lipinski definition) is 1. The van der Waals surface area contributed by atoms with Crippen LogP contribution in [0, 0.1) is 0 Å². The summed E-state index contributed by atoms with van der Waals surface area (Å²) in [7, 11) is -1.45. The first-order chi connectivity index (χ1) is 12.5. The molecular weight excluding hydrogens is 350 g/mol. The maximum Gasteiger partial charge on any atom is 0.243 e. The third-order valence-electron chi connectivity index (χ3n) is 5.39. The molecule has 2 aliphatic heterocycles. The van der Waals surface area contributed by atoms with E-state index in [1.54, 1.807) is 16.4 Å². The van der Waals surface area contributed by atoms with Crippen LogP contribution in [-0.2, 0) is 21.2 Å². The summed E-state index contributed by atoms with van der Waals surface area (Å²) < 4.78 is 26.6. The van der Waals surface area contributed by atoms with Crippen molar-refractivity contribution in [3.8, 4) is 0 Å². The molecule has 2 fully saturated rings. The number of aryl methyl sites for hydroxylation is 1. The molecule has 3 rings (SSSR count). The van der Waals surface area contributed by atoms with Crippen molar-refractivity contribution in [3.63, 3.8) is 0 Å². The molecule has 26 heavy (non-hydrogen) atoms. The molecule has 144 valence electrons. The van der Waals surface area contributed by atoms with Crippen LogP contribution in [0.3, 0.4) is 0 Å². The average molecular weight is 380 g/mol. The molecule has 7 heteroatoms. The summed E-state index contributed by atoms with van der Waals surface area (Å²) in [6.07, 6.45) is 5.12. The highest BCUT2D eigenvalue weighted by Gasteiger charge is 2.28. The normalized spacial score (nSPS) is 21.4. The quantitative estimate of drug-likeness (QED) is 0.782. The van der Waals surface area contributed by atoms with Crippen LogP contribution >= 0.6 is 0 Å². The van der Waals surface area contributed by atoms with Crippen LogP contribution < -0.4 is 5.32 Å². The van der Waals surface area contributed by atoms with Gasteiger partial charge in [0.15, 0.2) is 0 Å². The molecule has 1 aromatic carbocycles. The first-order valence-corrected chi connectivity index (χ1v) is 11.0. The third kappa shape index (κ3) is 4.27. The highest BCUT2D eigenvalue weighted by molar-refractivity contribution is 7.89. The highest BCUT2D eigenvalue weighted by atomic mass is 32.2. The number of carbonyl (C=O) groups excluding carboxylic acids is 1. The number of likely N-dealkylation sites (tertiary alicyclic amines) is 1. The van der Waals surface area contributed by atoms with Gasteiger partial charge in [0.2, 0.25) is 15.9 Å². The monoisotopic (exact) mass is 379 g/mol.